The van der Waals surface area contributed by atoms with E-state index in [9.17, 15) is 0 Å². The topological polar surface area (TPSA) is 42.2 Å². The first kappa shape index (κ1) is 11.9. The number of fused-ring (bicyclic) bond motifs is 1. The van der Waals surface area contributed by atoms with Gasteiger partial charge in [0.15, 0.2) is 10.7 Å². The fourth-order valence-electron chi connectivity index (χ4n) is 1.68. The summed E-state index contributed by atoms with van der Waals surface area (Å²) in [5, 5.41) is 0.984. The molecule has 0 atom stereocenters. The smallest absolute Gasteiger partial charge is 0.220 e. The Hall–Kier alpha value is -2.14. The Kier molecular flexibility index (Phi) is 3.05. The quantitative estimate of drug-likeness (QED) is 0.731. The van der Waals surface area contributed by atoms with Gasteiger partial charge in [0.25, 0.3) is 0 Å². The number of hydrogen-bond acceptors (Lipinski definition) is 5. The third kappa shape index (κ3) is 2.51. The molecule has 1 aromatic carbocycles. The summed E-state index contributed by atoms with van der Waals surface area (Å²) in [6, 6.07) is 7.74. The molecule has 0 aliphatic heterocycles. The summed E-state index contributed by atoms with van der Waals surface area (Å²) in [5.41, 5.74) is 1.68. The first-order chi connectivity index (χ1) is 9.22. The van der Waals surface area contributed by atoms with E-state index in [-0.39, 0.29) is 0 Å². The second kappa shape index (κ2) is 4.85. The minimum atomic E-state index is 0.612. The molecule has 0 spiro atoms. The average molecular weight is 271 g/mol. The van der Waals surface area contributed by atoms with Gasteiger partial charge in [-0.3, -0.25) is 0 Å². The lowest BCUT2D eigenvalue weighted by Gasteiger charge is -2.04. The van der Waals surface area contributed by atoms with Crippen molar-refractivity contribution in [3.05, 3.63) is 41.2 Å². The summed E-state index contributed by atoms with van der Waals surface area (Å²) in [6.45, 7) is 0. The van der Waals surface area contributed by atoms with E-state index in [0.717, 1.165) is 21.1 Å². The number of para-hydroxylation sites is 2. The van der Waals surface area contributed by atoms with E-state index in [2.05, 4.69) is 9.97 Å². The minimum Gasteiger partial charge on any atom is -0.437 e. The van der Waals surface area contributed by atoms with Crippen LogP contribution in [0.25, 0.3) is 23.3 Å². The van der Waals surface area contributed by atoms with Crippen molar-refractivity contribution >= 4 is 39.7 Å². The van der Waals surface area contributed by atoms with E-state index in [4.69, 9.17) is 4.42 Å². The van der Waals surface area contributed by atoms with E-state index in [1.165, 1.54) is 0 Å². The van der Waals surface area contributed by atoms with Gasteiger partial charge in [-0.25, -0.2) is 9.97 Å². The van der Waals surface area contributed by atoms with Crippen molar-refractivity contribution in [2.75, 3.05) is 19.0 Å². The molecule has 3 aromatic rings. The molecule has 0 N–H and O–H groups in total. The normalized spacial score (nSPS) is 11.5. The van der Waals surface area contributed by atoms with Crippen LogP contribution in [-0.4, -0.2) is 24.1 Å². The van der Waals surface area contributed by atoms with Crippen molar-refractivity contribution < 1.29 is 4.42 Å². The molecule has 0 radical (unpaired) electrons. The van der Waals surface area contributed by atoms with Crippen LogP contribution < -0.4 is 4.90 Å². The highest BCUT2D eigenvalue weighted by Gasteiger charge is 2.03. The van der Waals surface area contributed by atoms with Crippen LogP contribution in [0, 0.1) is 0 Å². The number of nitrogens with zero attached hydrogens (tertiary/aromatic N) is 3. The molecule has 0 fully saturated rings. The summed E-state index contributed by atoms with van der Waals surface area (Å²) < 4.78 is 5.62. The number of rotatable bonds is 3. The highest BCUT2D eigenvalue weighted by Crippen LogP contribution is 2.23. The number of benzene rings is 1. The van der Waals surface area contributed by atoms with Gasteiger partial charge >= 0.3 is 0 Å². The zero-order chi connectivity index (χ0) is 13.2. The standard InChI is InChI=1S/C14H13N3OS/c1-17(2)14-15-9-10(19-14)7-8-13-16-11-5-3-4-6-12(11)18-13/h3-9H,1-2H3. The van der Waals surface area contributed by atoms with Crippen molar-refractivity contribution in [1.82, 2.24) is 9.97 Å². The summed E-state index contributed by atoms with van der Waals surface area (Å²) in [4.78, 5) is 11.8. The largest absolute Gasteiger partial charge is 0.437 e. The highest BCUT2D eigenvalue weighted by molar-refractivity contribution is 7.16. The lowest BCUT2D eigenvalue weighted by molar-refractivity contribution is 0.590. The zero-order valence-corrected chi connectivity index (χ0v) is 11.5. The maximum atomic E-state index is 5.62. The molecular weight excluding hydrogens is 258 g/mol. The summed E-state index contributed by atoms with van der Waals surface area (Å²) in [5.74, 6) is 0.612. The molecule has 2 heterocycles. The Labute approximate surface area is 115 Å². The second-order valence-corrected chi connectivity index (χ2v) is 5.33. The third-order valence-corrected chi connectivity index (χ3v) is 3.72. The molecule has 0 unspecified atom stereocenters. The summed E-state index contributed by atoms with van der Waals surface area (Å²) >= 11 is 1.63. The first-order valence-electron chi connectivity index (χ1n) is 5.89. The Morgan fingerprint density at radius 1 is 1.21 bits per heavy atom. The van der Waals surface area contributed by atoms with E-state index in [0.29, 0.717) is 5.89 Å². The fourth-order valence-corrected chi connectivity index (χ4v) is 2.42. The molecule has 2 aromatic heterocycles. The minimum absolute atomic E-state index is 0.612. The van der Waals surface area contributed by atoms with Gasteiger partial charge in [0.05, 0.1) is 0 Å². The van der Waals surface area contributed by atoms with Gasteiger partial charge in [-0.2, -0.15) is 0 Å². The molecule has 96 valence electrons. The van der Waals surface area contributed by atoms with Crippen molar-refractivity contribution in [2.24, 2.45) is 0 Å². The van der Waals surface area contributed by atoms with Crippen LogP contribution in [0.1, 0.15) is 10.8 Å². The molecule has 0 aliphatic carbocycles. The molecular formula is C14H13N3OS. The van der Waals surface area contributed by atoms with Gasteiger partial charge in [0.1, 0.15) is 5.52 Å². The van der Waals surface area contributed by atoms with E-state index >= 15 is 0 Å². The predicted molar refractivity (Wildman–Crippen MR) is 79.4 cm³/mol. The Bertz CT molecular complexity index is 694. The zero-order valence-electron chi connectivity index (χ0n) is 10.7. The molecule has 0 amide bonds. The second-order valence-electron chi connectivity index (χ2n) is 4.29. The van der Waals surface area contributed by atoms with Gasteiger partial charge in [-0.05, 0) is 18.2 Å². The van der Waals surface area contributed by atoms with E-state index < -0.39 is 0 Å². The Morgan fingerprint density at radius 2 is 2.05 bits per heavy atom. The number of oxazole rings is 1. The van der Waals surface area contributed by atoms with Crippen molar-refractivity contribution in [2.45, 2.75) is 0 Å². The van der Waals surface area contributed by atoms with Crippen LogP contribution in [0.15, 0.2) is 34.9 Å². The Morgan fingerprint density at radius 3 is 2.79 bits per heavy atom. The first-order valence-corrected chi connectivity index (χ1v) is 6.71. The van der Waals surface area contributed by atoms with Crippen LogP contribution in [-0.2, 0) is 0 Å². The number of aromatic nitrogens is 2. The molecule has 5 heteroatoms. The molecule has 0 saturated heterocycles. The molecule has 0 aliphatic rings. The molecule has 0 bridgehead atoms. The lowest BCUT2D eigenvalue weighted by atomic mass is 10.3. The summed E-state index contributed by atoms with van der Waals surface area (Å²) in [6.07, 6.45) is 5.68. The maximum absolute atomic E-state index is 5.62. The van der Waals surface area contributed by atoms with Gasteiger partial charge in [-0.15, -0.1) is 0 Å². The lowest BCUT2D eigenvalue weighted by Crippen LogP contribution is -2.07. The SMILES string of the molecule is CN(C)c1ncc(C=Cc2nc3ccccc3o2)s1. The van der Waals surface area contributed by atoms with Gasteiger partial charge in [0.2, 0.25) is 5.89 Å². The number of thiazole rings is 1. The number of hydrogen-bond donors (Lipinski definition) is 0. The van der Waals surface area contributed by atoms with E-state index in [1.807, 2.05) is 61.6 Å². The molecule has 19 heavy (non-hydrogen) atoms. The highest BCUT2D eigenvalue weighted by atomic mass is 32.1. The summed E-state index contributed by atoms with van der Waals surface area (Å²) in [7, 11) is 3.96. The van der Waals surface area contributed by atoms with Crippen molar-refractivity contribution in [3.63, 3.8) is 0 Å². The predicted octanol–water partition coefficient (Wildman–Crippen LogP) is 3.52. The van der Waals surface area contributed by atoms with Gasteiger partial charge in [-0.1, -0.05) is 23.5 Å². The van der Waals surface area contributed by atoms with Crippen molar-refractivity contribution in [1.29, 1.82) is 0 Å². The average Bonchev–Trinajstić information content (AvgIpc) is 3.02. The van der Waals surface area contributed by atoms with Crippen LogP contribution in [0.4, 0.5) is 5.13 Å². The van der Waals surface area contributed by atoms with Crippen molar-refractivity contribution in [3.8, 4) is 0 Å². The number of anilines is 1. The monoisotopic (exact) mass is 271 g/mol. The molecule has 4 nitrogen and oxygen atoms in total. The van der Waals surface area contributed by atoms with Crippen LogP contribution in [0.3, 0.4) is 0 Å². The van der Waals surface area contributed by atoms with Gasteiger partial charge in [0, 0.05) is 31.2 Å². The third-order valence-electron chi connectivity index (χ3n) is 2.59. The maximum Gasteiger partial charge on any atom is 0.220 e. The van der Waals surface area contributed by atoms with Crippen LogP contribution in [0.2, 0.25) is 0 Å². The van der Waals surface area contributed by atoms with Gasteiger partial charge < -0.3 is 9.32 Å². The van der Waals surface area contributed by atoms with Crippen LogP contribution >= 0.6 is 11.3 Å². The molecule has 3 rings (SSSR count). The Balaban J connectivity index is 1.84. The van der Waals surface area contributed by atoms with Crippen LogP contribution in [0.5, 0.6) is 0 Å². The van der Waals surface area contributed by atoms with E-state index in [1.54, 1.807) is 11.3 Å². The molecule has 0 saturated carbocycles. The fraction of sp³-hybridized carbons (Fsp3) is 0.143.